The number of nitrogens with zero attached hydrogens (tertiary/aromatic N) is 1. The quantitative estimate of drug-likeness (QED) is 0.474. The van der Waals surface area contributed by atoms with Gasteiger partial charge < -0.3 is 5.43 Å². The monoisotopic (exact) mass is 267 g/mol. The summed E-state index contributed by atoms with van der Waals surface area (Å²) in [6.07, 6.45) is 3.36. The van der Waals surface area contributed by atoms with Gasteiger partial charge >= 0.3 is 0 Å². The summed E-state index contributed by atoms with van der Waals surface area (Å²) < 4.78 is 40.4. The molecule has 0 spiro atoms. The highest BCUT2D eigenvalue weighted by atomic mass is 19.2. The lowest BCUT2D eigenvalue weighted by Gasteiger charge is -2.20. The predicted molar refractivity (Wildman–Crippen MR) is 66.1 cm³/mol. The van der Waals surface area contributed by atoms with Gasteiger partial charge in [-0.3, -0.25) is 5.84 Å². The van der Waals surface area contributed by atoms with Crippen LogP contribution in [-0.4, -0.2) is 4.98 Å². The molecule has 0 bridgehead atoms. The Bertz CT molecular complexity index is 670. The van der Waals surface area contributed by atoms with Crippen molar-refractivity contribution in [2.24, 2.45) is 5.84 Å². The summed E-state index contributed by atoms with van der Waals surface area (Å²) in [6, 6.07) is 0.935. The Morgan fingerprint density at radius 3 is 2.58 bits per heavy atom. The Balaban J connectivity index is 2.43. The molecule has 0 radical (unpaired) electrons. The zero-order chi connectivity index (χ0) is 13.6. The smallest absolute Gasteiger partial charge is 0.196 e. The van der Waals surface area contributed by atoms with E-state index in [1.165, 1.54) is 0 Å². The van der Waals surface area contributed by atoms with Crippen LogP contribution in [0.1, 0.15) is 24.1 Å². The lowest BCUT2D eigenvalue weighted by atomic mass is 9.93. The number of aryl methyl sites for hydroxylation is 1. The number of hydrogen-bond donors (Lipinski definition) is 2. The number of fused-ring (bicyclic) bond motifs is 2. The van der Waals surface area contributed by atoms with Crippen molar-refractivity contribution in [3.8, 4) is 0 Å². The summed E-state index contributed by atoms with van der Waals surface area (Å²) in [5.74, 6) is 1.46. The molecule has 0 saturated carbocycles. The van der Waals surface area contributed by atoms with Gasteiger partial charge in [-0.25, -0.2) is 18.2 Å². The van der Waals surface area contributed by atoms with E-state index in [4.69, 9.17) is 5.84 Å². The van der Waals surface area contributed by atoms with Gasteiger partial charge in [0.2, 0.25) is 0 Å². The van der Waals surface area contributed by atoms with Crippen LogP contribution in [0.3, 0.4) is 0 Å². The molecule has 0 fully saturated rings. The van der Waals surface area contributed by atoms with E-state index >= 15 is 0 Å². The molecule has 3 rings (SSSR count). The van der Waals surface area contributed by atoms with Crippen LogP contribution < -0.4 is 11.3 Å². The number of nitrogen functional groups attached to an aromatic ring is 1. The largest absolute Gasteiger partial charge is 0.323 e. The minimum Gasteiger partial charge on any atom is -0.323 e. The topological polar surface area (TPSA) is 50.9 Å². The molecule has 1 aromatic carbocycles. The van der Waals surface area contributed by atoms with E-state index in [0.29, 0.717) is 17.8 Å². The standard InChI is InChI=1S/C13H12F3N3/c14-8-5-7-12(19-17)6-3-1-2-4-9(6)18-13(7)11(16)10(8)15/h5H,1-4,17H2,(H,18,19). The van der Waals surface area contributed by atoms with Crippen LogP contribution in [0.4, 0.5) is 18.9 Å². The van der Waals surface area contributed by atoms with Crippen molar-refractivity contribution in [2.75, 3.05) is 5.43 Å². The van der Waals surface area contributed by atoms with Crippen LogP contribution in [0.2, 0.25) is 0 Å². The molecule has 19 heavy (non-hydrogen) atoms. The number of halogens is 3. The summed E-state index contributed by atoms with van der Waals surface area (Å²) in [7, 11) is 0. The van der Waals surface area contributed by atoms with Crippen molar-refractivity contribution in [2.45, 2.75) is 25.7 Å². The first-order valence-electron chi connectivity index (χ1n) is 6.09. The molecule has 1 aromatic heterocycles. The minimum atomic E-state index is -1.50. The third-order valence-electron chi connectivity index (χ3n) is 3.54. The summed E-state index contributed by atoms with van der Waals surface area (Å²) in [5.41, 5.74) is 4.32. The van der Waals surface area contributed by atoms with E-state index in [2.05, 4.69) is 10.4 Å². The average Bonchev–Trinajstić information content (AvgIpc) is 2.43. The summed E-state index contributed by atoms with van der Waals surface area (Å²) in [6.45, 7) is 0. The number of benzene rings is 1. The third kappa shape index (κ3) is 1.74. The van der Waals surface area contributed by atoms with Crippen LogP contribution in [0.5, 0.6) is 0 Å². The van der Waals surface area contributed by atoms with Crippen LogP contribution in [0.15, 0.2) is 6.07 Å². The van der Waals surface area contributed by atoms with Crippen LogP contribution in [0, 0.1) is 17.5 Å². The Labute approximate surface area is 107 Å². The number of rotatable bonds is 1. The zero-order valence-electron chi connectivity index (χ0n) is 10.1. The van der Waals surface area contributed by atoms with Crippen molar-refractivity contribution in [3.05, 3.63) is 34.8 Å². The number of nitrogens with two attached hydrogens (primary N) is 1. The van der Waals surface area contributed by atoms with E-state index in [9.17, 15) is 13.2 Å². The molecule has 0 unspecified atom stereocenters. The first-order chi connectivity index (χ1) is 9.13. The molecule has 3 nitrogen and oxygen atoms in total. The van der Waals surface area contributed by atoms with Crippen molar-refractivity contribution in [1.29, 1.82) is 0 Å². The van der Waals surface area contributed by atoms with Gasteiger partial charge in [0.1, 0.15) is 5.52 Å². The van der Waals surface area contributed by atoms with Crippen molar-refractivity contribution in [3.63, 3.8) is 0 Å². The molecular formula is C13H12F3N3. The molecule has 1 aliphatic carbocycles. The highest BCUT2D eigenvalue weighted by molar-refractivity contribution is 5.93. The van der Waals surface area contributed by atoms with E-state index in [-0.39, 0.29) is 10.9 Å². The molecule has 0 saturated heterocycles. The second kappa shape index (κ2) is 4.38. The summed E-state index contributed by atoms with van der Waals surface area (Å²) in [5, 5.41) is 0.180. The second-order valence-electron chi connectivity index (χ2n) is 4.65. The molecule has 3 N–H and O–H groups in total. The number of pyridine rings is 1. The Morgan fingerprint density at radius 1 is 1.11 bits per heavy atom. The Morgan fingerprint density at radius 2 is 1.84 bits per heavy atom. The van der Waals surface area contributed by atoms with Gasteiger partial charge in [0.15, 0.2) is 17.5 Å². The first kappa shape index (κ1) is 12.2. The number of nitrogens with one attached hydrogen (secondary N) is 1. The molecule has 2 aromatic rings. The Hall–Kier alpha value is -1.82. The van der Waals surface area contributed by atoms with Gasteiger partial charge in [-0.15, -0.1) is 0 Å². The number of anilines is 1. The molecule has 0 aliphatic heterocycles. The molecule has 1 heterocycles. The van der Waals surface area contributed by atoms with E-state index in [1.807, 2.05) is 0 Å². The highest BCUT2D eigenvalue weighted by Gasteiger charge is 2.22. The van der Waals surface area contributed by atoms with Crippen LogP contribution >= 0.6 is 0 Å². The maximum atomic E-state index is 13.8. The molecule has 1 aliphatic rings. The Kier molecular flexibility index (Phi) is 2.82. The number of hydrazine groups is 1. The highest BCUT2D eigenvalue weighted by Crippen LogP contribution is 2.34. The van der Waals surface area contributed by atoms with Crippen molar-refractivity contribution < 1.29 is 13.2 Å². The number of aromatic nitrogens is 1. The SMILES string of the molecule is NNc1c2c(nc3c(F)c(F)c(F)cc13)CCCC2. The zero-order valence-corrected chi connectivity index (χ0v) is 10.1. The molecule has 6 heteroatoms. The van der Waals surface area contributed by atoms with E-state index in [0.717, 1.165) is 30.9 Å². The van der Waals surface area contributed by atoms with E-state index < -0.39 is 17.5 Å². The van der Waals surface area contributed by atoms with Gasteiger partial charge in [0.05, 0.1) is 5.69 Å². The summed E-state index contributed by atoms with van der Waals surface area (Å²) >= 11 is 0. The minimum absolute atomic E-state index is 0.174. The van der Waals surface area contributed by atoms with Gasteiger partial charge in [-0.1, -0.05) is 0 Å². The number of hydrogen-bond acceptors (Lipinski definition) is 3. The van der Waals surface area contributed by atoms with Crippen LogP contribution in [-0.2, 0) is 12.8 Å². The van der Waals surface area contributed by atoms with Gasteiger partial charge in [-0.05, 0) is 37.3 Å². The fourth-order valence-electron chi connectivity index (χ4n) is 2.63. The van der Waals surface area contributed by atoms with Crippen LogP contribution in [0.25, 0.3) is 10.9 Å². The molecule has 0 atom stereocenters. The van der Waals surface area contributed by atoms with Gasteiger partial charge in [0.25, 0.3) is 0 Å². The summed E-state index contributed by atoms with van der Waals surface area (Å²) in [4.78, 5) is 4.15. The fourth-order valence-corrected chi connectivity index (χ4v) is 2.63. The van der Waals surface area contributed by atoms with Crippen molar-refractivity contribution in [1.82, 2.24) is 4.98 Å². The third-order valence-corrected chi connectivity index (χ3v) is 3.54. The maximum absolute atomic E-state index is 13.8. The molecule has 100 valence electrons. The fraction of sp³-hybridized carbons (Fsp3) is 0.308. The second-order valence-corrected chi connectivity index (χ2v) is 4.65. The normalized spacial score (nSPS) is 14.5. The lowest BCUT2D eigenvalue weighted by molar-refractivity contribution is 0.452. The van der Waals surface area contributed by atoms with E-state index in [1.54, 1.807) is 0 Å². The van der Waals surface area contributed by atoms with Gasteiger partial charge in [0, 0.05) is 11.1 Å². The van der Waals surface area contributed by atoms with Gasteiger partial charge in [-0.2, -0.15) is 0 Å². The average molecular weight is 267 g/mol. The van der Waals surface area contributed by atoms with Crippen molar-refractivity contribution >= 4 is 16.6 Å². The predicted octanol–water partition coefficient (Wildman–Crippen LogP) is 2.82. The molecular weight excluding hydrogens is 255 g/mol. The molecule has 0 amide bonds. The first-order valence-corrected chi connectivity index (χ1v) is 6.09. The maximum Gasteiger partial charge on any atom is 0.196 e. The lowest BCUT2D eigenvalue weighted by Crippen LogP contribution is -2.16.